The van der Waals surface area contributed by atoms with E-state index in [1.54, 1.807) is 6.20 Å². The average molecular weight is 313 g/mol. The first-order valence-electron chi connectivity index (χ1n) is 8.67. The first-order valence-corrected chi connectivity index (χ1v) is 8.67. The van der Waals surface area contributed by atoms with Crippen molar-refractivity contribution in [2.24, 2.45) is 0 Å². The van der Waals surface area contributed by atoms with E-state index >= 15 is 0 Å². The zero-order valence-corrected chi connectivity index (χ0v) is 14.5. The Kier molecular flexibility index (Phi) is 6.51. The molecule has 0 aliphatic rings. The molecule has 0 bridgehead atoms. The molecule has 4 nitrogen and oxygen atoms in total. The van der Waals surface area contributed by atoms with E-state index in [1.165, 1.54) is 19.3 Å². The van der Waals surface area contributed by atoms with Crippen LogP contribution in [-0.2, 0) is 0 Å². The zero-order valence-electron chi connectivity index (χ0n) is 14.5. The number of hydrogen-bond acceptors (Lipinski definition) is 4. The van der Waals surface area contributed by atoms with Crippen molar-refractivity contribution >= 4 is 0 Å². The van der Waals surface area contributed by atoms with Gasteiger partial charge in [0.05, 0.1) is 6.20 Å². The van der Waals surface area contributed by atoms with E-state index < -0.39 is 0 Å². The van der Waals surface area contributed by atoms with Crippen LogP contribution in [0.5, 0.6) is 5.75 Å². The lowest BCUT2D eigenvalue weighted by Gasteiger charge is -2.33. The molecule has 0 saturated heterocycles. The molecule has 0 spiro atoms. The van der Waals surface area contributed by atoms with Crippen LogP contribution in [0.15, 0.2) is 36.5 Å². The summed E-state index contributed by atoms with van der Waals surface area (Å²) in [5.41, 5.74) is 1.67. The summed E-state index contributed by atoms with van der Waals surface area (Å²) in [5, 5.41) is 11.6. The molecule has 1 aromatic carbocycles. The highest BCUT2D eigenvalue weighted by molar-refractivity contribution is 5.66. The summed E-state index contributed by atoms with van der Waals surface area (Å²) in [6.07, 6.45) is 8.44. The van der Waals surface area contributed by atoms with E-state index in [9.17, 15) is 0 Å². The van der Waals surface area contributed by atoms with Crippen molar-refractivity contribution < 1.29 is 4.74 Å². The predicted octanol–water partition coefficient (Wildman–Crippen LogP) is 5.06. The molecule has 0 atom stereocenters. The van der Waals surface area contributed by atoms with E-state index in [0.29, 0.717) is 0 Å². The van der Waals surface area contributed by atoms with Gasteiger partial charge in [0.15, 0.2) is 0 Å². The minimum absolute atomic E-state index is 0.105. The molecule has 23 heavy (non-hydrogen) atoms. The molecule has 2 rings (SSSR count). The van der Waals surface area contributed by atoms with Crippen LogP contribution in [0.1, 0.15) is 59.3 Å². The fourth-order valence-electron chi connectivity index (χ4n) is 2.88. The Hall–Kier alpha value is -1.97. The second kappa shape index (κ2) is 8.61. The van der Waals surface area contributed by atoms with Crippen LogP contribution in [0.3, 0.4) is 0 Å². The van der Waals surface area contributed by atoms with Gasteiger partial charge in [-0.15, -0.1) is 10.2 Å². The van der Waals surface area contributed by atoms with Crippen LogP contribution in [0.25, 0.3) is 11.3 Å². The first-order chi connectivity index (χ1) is 11.2. The monoisotopic (exact) mass is 313 g/mol. The Labute approximate surface area is 139 Å². The van der Waals surface area contributed by atoms with Gasteiger partial charge < -0.3 is 4.74 Å². The van der Waals surface area contributed by atoms with Crippen LogP contribution in [0.4, 0.5) is 0 Å². The molecule has 0 N–H and O–H groups in total. The molecular weight excluding hydrogens is 286 g/mol. The SMILES string of the molecule is CCCCCC(CC)(CC)Oc1ccccc1-c1ccnnn1. The van der Waals surface area contributed by atoms with Crippen LogP contribution < -0.4 is 4.74 Å². The summed E-state index contributed by atoms with van der Waals surface area (Å²) in [6, 6.07) is 9.93. The Morgan fingerprint density at radius 1 is 1.00 bits per heavy atom. The van der Waals surface area contributed by atoms with Gasteiger partial charge in [0.2, 0.25) is 0 Å². The van der Waals surface area contributed by atoms with Gasteiger partial charge >= 0.3 is 0 Å². The lowest BCUT2D eigenvalue weighted by molar-refractivity contribution is 0.0490. The normalized spacial score (nSPS) is 11.4. The van der Waals surface area contributed by atoms with E-state index in [4.69, 9.17) is 4.74 Å². The third-order valence-corrected chi connectivity index (χ3v) is 4.52. The fourth-order valence-corrected chi connectivity index (χ4v) is 2.88. The van der Waals surface area contributed by atoms with Crippen molar-refractivity contribution in [2.75, 3.05) is 0 Å². The predicted molar refractivity (Wildman–Crippen MR) is 93.3 cm³/mol. The molecule has 1 heterocycles. The van der Waals surface area contributed by atoms with Gasteiger partial charge in [0.25, 0.3) is 0 Å². The summed E-state index contributed by atoms with van der Waals surface area (Å²) >= 11 is 0. The summed E-state index contributed by atoms with van der Waals surface area (Å²) in [7, 11) is 0. The van der Waals surface area contributed by atoms with E-state index in [1.807, 2.05) is 30.3 Å². The maximum Gasteiger partial charge on any atom is 0.129 e. The highest BCUT2D eigenvalue weighted by Crippen LogP contribution is 2.35. The highest BCUT2D eigenvalue weighted by atomic mass is 16.5. The molecule has 0 radical (unpaired) electrons. The smallest absolute Gasteiger partial charge is 0.129 e. The molecule has 0 aliphatic heterocycles. The maximum atomic E-state index is 6.54. The van der Waals surface area contributed by atoms with Gasteiger partial charge in [-0.2, -0.15) is 0 Å². The second-order valence-electron chi connectivity index (χ2n) is 5.95. The third kappa shape index (κ3) is 4.50. The number of rotatable bonds is 9. The first kappa shape index (κ1) is 17.4. The van der Waals surface area contributed by atoms with Gasteiger partial charge in [-0.3, -0.25) is 0 Å². The zero-order chi connectivity index (χ0) is 16.5. The molecule has 1 aromatic heterocycles. The standard InChI is InChI=1S/C19H27N3O/c1-4-7-10-14-19(5-2,6-3)23-18-12-9-8-11-16(18)17-13-15-20-22-21-17/h8-9,11-13,15H,4-7,10,14H2,1-3H3. The van der Waals surface area contributed by atoms with Crippen LogP contribution in [0.2, 0.25) is 0 Å². The lowest BCUT2D eigenvalue weighted by atomic mass is 9.90. The summed E-state index contributed by atoms with van der Waals surface area (Å²) < 4.78 is 6.54. The number of para-hydroxylation sites is 1. The van der Waals surface area contributed by atoms with E-state index in [-0.39, 0.29) is 5.60 Å². The van der Waals surface area contributed by atoms with Crippen molar-refractivity contribution in [1.29, 1.82) is 0 Å². The number of hydrogen-bond donors (Lipinski definition) is 0. The van der Waals surface area contributed by atoms with Gasteiger partial charge in [-0.1, -0.05) is 45.7 Å². The van der Waals surface area contributed by atoms with Crippen molar-refractivity contribution in [3.05, 3.63) is 36.5 Å². The number of aromatic nitrogens is 3. The minimum atomic E-state index is -0.105. The van der Waals surface area contributed by atoms with Gasteiger partial charge in [-0.05, 0) is 49.1 Å². The number of unbranched alkanes of at least 4 members (excludes halogenated alkanes) is 2. The Bertz CT molecular complexity index is 582. The second-order valence-corrected chi connectivity index (χ2v) is 5.95. The highest BCUT2D eigenvalue weighted by Gasteiger charge is 2.28. The number of nitrogens with zero attached hydrogens (tertiary/aromatic N) is 3. The van der Waals surface area contributed by atoms with Crippen molar-refractivity contribution in [2.45, 2.75) is 64.9 Å². The van der Waals surface area contributed by atoms with Gasteiger partial charge in [0.1, 0.15) is 17.0 Å². The van der Waals surface area contributed by atoms with Crippen LogP contribution >= 0.6 is 0 Å². The van der Waals surface area contributed by atoms with Crippen LogP contribution in [0, 0.1) is 0 Å². The molecule has 0 unspecified atom stereocenters. The van der Waals surface area contributed by atoms with Crippen molar-refractivity contribution in [3.8, 4) is 17.0 Å². The molecular formula is C19H27N3O. The molecule has 0 aliphatic carbocycles. The molecule has 124 valence electrons. The summed E-state index contributed by atoms with van der Waals surface area (Å²) in [4.78, 5) is 0. The molecule has 0 saturated carbocycles. The molecule has 0 fully saturated rings. The van der Waals surface area contributed by atoms with Crippen LogP contribution in [-0.4, -0.2) is 21.0 Å². The Morgan fingerprint density at radius 3 is 2.43 bits per heavy atom. The quantitative estimate of drug-likeness (QED) is 0.607. The lowest BCUT2D eigenvalue weighted by Crippen LogP contribution is -2.34. The number of benzene rings is 1. The third-order valence-electron chi connectivity index (χ3n) is 4.52. The minimum Gasteiger partial charge on any atom is -0.487 e. The van der Waals surface area contributed by atoms with Crippen molar-refractivity contribution in [3.63, 3.8) is 0 Å². The van der Waals surface area contributed by atoms with Gasteiger partial charge in [-0.25, -0.2) is 0 Å². The van der Waals surface area contributed by atoms with E-state index in [2.05, 4.69) is 36.2 Å². The number of ether oxygens (including phenoxy) is 1. The average Bonchev–Trinajstić information content (AvgIpc) is 2.62. The molecule has 2 aromatic rings. The van der Waals surface area contributed by atoms with Crippen molar-refractivity contribution in [1.82, 2.24) is 15.4 Å². The van der Waals surface area contributed by atoms with E-state index in [0.717, 1.165) is 36.3 Å². The molecule has 0 amide bonds. The summed E-state index contributed by atoms with van der Waals surface area (Å²) in [5.74, 6) is 0.883. The maximum absolute atomic E-state index is 6.54. The Balaban J connectivity index is 2.27. The molecule has 4 heteroatoms. The fraction of sp³-hybridized carbons (Fsp3) is 0.526. The summed E-state index contributed by atoms with van der Waals surface area (Å²) in [6.45, 7) is 6.66. The van der Waals surface area contributed by atoms with Gasteiger partial charge in [0, 0.05) is 5.56 Å². The topological polar surface area (TPSA) is 47.9 Å². The Morgan fingerprint density at radius 2 is 1.78 bits per heavy atom. The largest absolute Gasteiger partial charge is 0.487 e.